The summed E-state index contributed by atoms with van der Waals surface area (Å²) < 4.78 is 21.1. The Morgan fingerprint density at radius 1 is 1.48 bits per heavy atom. The van der Waals surface area contributed by atoms with E-state index in [0.717, 1.165) is 30.5 Å². The molecule has 0 unspecified atom stereocenters. The molecule has 1 aromatic heterocycles. The van der Waals surface area contributed by atoms with Crippen LogP contribution in [0.2, 0.25) is 0 Å². The second-order valence-corrected chi connectivity index (χ2v) is 6.34. The maximum atomic E-state index is 14.1. The lowest BCUT2D eigenvalue weighted by Gasteiger charge is -2.24. The average molecular weight is 346 g/mol. The quantitative estimate of drug-likeness (QED) is 0.894. The summed E-state index contributed by atoms with van der Waals surface area (Å²) in [5.74, 6) is 0.0133. The Balaban J connectivity index is 1.69. The Morgan fingerprint density at radius 3 is 3.04 bits per heavy atom. The Kier molecular flexibility index (Phi) is 4.92. The number of ether oxygens (including phenoxy) is 1. The fourth-order valence-electron chi connectivity index (χ4n) is 3.40. The minimum absolute atomic E-state index is 0.0767. The van der Waals surface area contributed by atoms with Crippen LogP contribution in [0, 0.1) is 5.82 Å². The van der Waals surface area contributed by atoms with Gasteiger partial charge in [0.25, 0.3) is 0 Å². The van der Waals surface area contributed by atoms with Gasteiger partial charge in [-0.15, -0.1) is 0 Å². The zero-order chi connectivity index (χ0) is 18.0. The molecule has 1 aliphatic rings. The molecule has 1 aliphatic carbocycles. The molecule has 25 heavy (non-hydrogen) atoms. The van der Waals surface area contributed by atoms with Crippen molar-refractivity contribution in [1.82, 2.24) is 20.4 Å². The number of benzene rings is 1. The van der Waals surface area contributed by atoms with Gasteiger partial charge in [-0.3, -0.25) is 4.68 Å². The number of urea groups is 1. The molecule has 3 rings (SSSR count). The van der Waals surface area contributed by atoms with E-state index in [1.54, 1.807) is 23.7 Å². The number of hydrogen-bond donors (Lipinski definition) is 2. The van der Waals surface area contributed by atoms with Gasteiger partial charge >= 0.3 is 6.03 Å². The molecule has 2 N–H and O–H groups in total. The number of amides is 2. The van der Waals surface area contributed by atoms with Crippen molar-refractivity contribution < 1.29 is 13.9 Å². The van der Waals surface area contributed by atoms with Crippen molar-refractivity contribution in [2.75, 3.05) is 7.11 Å². The summed E-state index contributed by atoms with van der Waals surface area (Å²) in [6.45, 7) is 1.73. The smallest absolute Gasteiger partial charge is 0.315 e. The fourth-order valence-corrected chi connectivity index (χ4v) is 3.40. The van der Waals surface area contributed by atoms with Crippen molar-refractivity contribution in [3.05, 3.63) is 47.0 Å². The summed E-state index contributed by atoms with van der Waals surface area (Å²) in [6, 6.07) is 3.69. The van der Waals surface area contributed by atoms with E-state index < -0.39 is 11.9 Å². The average Bonchev–Trinajstić information content (AvgIpc) is 2.95. The van der Waals surface area contributed by atoms with Crippen LogP contribution in [-0.2, 0) is 13.5 Å². The molecule has 6 nitrogen and oxygen atoms in total. The molecule has 0 spiro atoms. The summed E-state index contributed by atoms with van der Waals surface area (Å²) in [5.41, 5.74) is 2.42. The van der Waals surface area contributed by atoms with E-state index >= 15 is 0 Å². The van der Waals surface area contributed by atoms with Crippen molar-refractivity contribution in [3.63, 3.8) is 0 Å². The van der Waals surface area contributed by atoms with Crippen molar-refractivity contribution >= 4 is 6.03 Å². The largest absolute Gasteiger partial charge is 0.496 e. The second-order valence-electron chi connectivity index (χ2n) is 6.34. The minimum atomic E-state index is -0.520. The maximum Gasteiger partial charge on any atom is 0.315 e. The maximum absolute atomic E-state index is 14.1. The lowest BCUT2D eigenvalue weighted by molar-refractivity contribution is 0.232. The van der Waals surface area contributed by atoms with E-state index in [9.17, 15) is 9.18 Å². The van der Waals surface area contributed by atoms with Gasteiger partial charge in [0.05, 0.1) is 30.5 Å². The molecule has 1 aromatic carbocycles. The van der Waals surface area contributed by atoms with Crippen molar-refractivity contribution in [2.24, 2.45) is 7.05 Å². The molecule has 7 heteroatoms. The van der Waals surface area contributed by atoms with Gasteiger partial charge in [0.15, 0.2) is 0 Å². The zero-order valence-corrected chi connectivity index (χ0v) is 14.7. The summed E-state index contributed by atoms with van der Waals surface area (Å²) in [5, 5.41) is 10.2. The van der Waals surface area contributed by atoms with Crippen LogP contribution in [0.25, 0.3) is 0 Å². The molecule has 0 saturated heterocycles. The molecule has 0 saturated carbocycles. The minimum Gasteiger partial charge on any atom is -0.496 e. The third-order valence-electron chi connectivity index (χ3n) is 4.54. The summed E-state index contributed by atoms with van der Waals surface area (Å²) in [7, 11) is 3.36. The highest BCUT2D eigenvalue weighted by Crippen LogP contribution is 2.30. The van der Waals surface area contributed by atoms with E-state index in [0.29, 0.717) is 11.3 Å². The number of nitrogens with one attached hydrogen (secondary N) is 2. The monoisotopic (exact) mass is 346 g/mol. The van der Waals surface area contributed by atoms with Gasteiger partial charge in [0, 0.05) is 18.8 Å². The van der Waals surface area contributed by atoms with Gasteiger partial charge < -0.3 is 15.4 Å². The predicted octanol–water partition coefficient (Wildman–Crippen LogP) is 3.01. The number of carbonyl (C=O) groups excluding carboxylic acids is 1. The number of aromatic nitrogens is 2. The number of aryl methyl sites for hydroxylation is 2. The molecule has 0 bridgehead atoms. The van der Waals surface area contributed by atoms with Crippen molar-refractivity contribution in [1.29, 1.82) is 0 Å². The lowest BCUT2D eigenvalue weighted by atomic mass is 9.93. The molecule has 2 amide bonds. The van der Waals surface area contributed by atoms with E-state index in [1.165, 1.54) is 13.2 Å². The first-order valence-corrected chi connectivity index (χ1v) is 8.41. The number of halogens is 1. The van der Waals surface area contributed by atoms with E-state index in [-0.39, 0.29) is 12.1 Å². The first-order chi connectivity index (χ1) is 12.0. The molecular formula is C18H23FN4O2. The SMILES string of the molecule is COc1cccc(F)c1[C@H](C)NC(=O)N[C@@H]1CCCc2nn(C)cc21. The van der Waals surface area contributed by atoms with Gasteiger partial charge in [-0.05, 0) is 38.3 Å². The van der Waals surface area contributed by atoms with Gasteiger partial charge in [-0.2, -0.15) is 5.10 Å². The van der Waals surface area contributed by atoms with Crippen LogP contribution in [0.4, 0.5) is 9.18 Å². The highest BCUT2D eigenvalue weighted by atomic mass is 19.1. The molecule has 2 aromatic rings. The summed E-state index contributed by atoms with van der Waals surface area (Å²) >= 11 is 0. The number of rotatable bonds is 4. The molecule has 0 fully saturated rings. The summed E-state index contributed by atoms with van der Waals surface area (Å²) in [6.07, 6.45) is 4.72. The highest BCUT2D eigenvalue weighted by molar-refractivity contribution is 5.75. The Morgan fingerprint density at radius 2 is 2.28 bits per heavy atom. The van der Waals surface area contributed by atoms with Crippen LogP contribution in [0.5, 0.6) is 5.75 Å². The Labute approximate surface area is 146 Å². The number of fused-ring (bicyclic) bond motifs is 1. The number of hydrogen-bond acceptors (Lipinski definition) is 3. The third-order valence-corrected chi connectivity index (χ3v) is 4.54. The standard InChI is InChI=1S/C18H23FN4O2/c1-11(17-13(19)6-4-9-16(17)25-3)20-18(24)21-14-7-5-8-15-12(14)10-23(2)22-15/h4,6,9-11,14H,5,7-8H2,1-3H3,(H2,20,21,24)/t11-,14+/m0/s1. The number of carbonyl (C=O) groups is 1. The highest BCUT2D eigenvalue weighted by Gasteiger charge is 2.25. The third kappa shape index (κ3) is 3.60. The topological polar surface area (TPSA) is 68.2 Å². The lowest BCUT2D eigenvalue weighted by Crippen LogP contribution is -2.40. The first-order valence-electron chi connectivity index (χ1n) is 8.41. The van der Waals surface area contributed by atoms with Crippen LogP contribution in [0.15, 0.2) is 24.4 Å². The van der Waals surface area contributed by atoms with Gasteiger partial charge in [0.1, 0.15) is 11.6 Å². The molecule has 1 heterocycles. The van der Waals surface area contributed by atoms with Crippen LogP contribution < -0.4 is 15.4 Å². The summed E-state index contributed by atoms with van der Waals surface area (Å²) in [4.78, 5) is 12.4. The van der Waals surface area contributed by atoms with Gasteiger partial charge in [0.2, 0.25) is 0 Å². The molecule has 0 radical (unpaired) electrons. The van der Waals surface area contributed by atoms with E-state index in [4.69, 9.17) is 4.74 Å². The van der Waals surface area contributed by atoms with E-state index in [1.807, 2.05) is 13.2 Å². The van der Waals surface area contributed by atoms with Crippen LogP contribution in [-0.4, -0.2) is 22.9 Å². The molecular weight excluding hydrogens is 323 g/mol. The Bertz CT molecular complexity index is 774. The molecule has 2 atom stereocenters. The second kappa shape index (κ2) is 7.13. The normalized spacial score (nSPS) is 17.5. The van der Waals surface area contributed by atoms with Crippen molar-refractivity contribution in [2.45, 2.75) is 38.3 Å². The number of nitrogens with zero attached hydrogens (tertiary/aromatic N) is 2. The fraction of sp³-hybridized carbons (Fsp3) is 0.444. The van der Waals surface area contributed by atoms with Crippen LogP contribution >= 0.6 is 0 Å². The molecule has 134 valence electrons. The van der Waals surface area contributed by atoms with Crippen LogP contribution in [0.1, 0.15) is 48.7 Å². The van der Waals surface area contributed by atoms with Gasteiger partial charge in [-0.25, -0.2) is 9.18 Å². The number of methoxy groups -OCH3 is 1. The van der Waals surface area contributed by atoms with Gasteiger partial charge in [-0.1, -0.05) is 6.07 Å². The van der Waals surface area contributed by atoms with Crippen molar-refractivity contribution in [3.8, 4) is 5.75 Å². The Hall–Kier alpha value is -2.57. The zero-order valence-electron chi connectivity index (χ0n) is 14.7. The van der Waals surface area contributed by atoms with Crippen LogP contribution in [0.3, 0.4) is 0 Å². The molecule has 0 aliphatic heterocycles. The van der Waals surface area contributed by atoms with E-state index in [2.05, 4.69) is 15.7 Å². The predicted molar refractivity (Wildman–Crippen MR) is 91.9 cm³/mol. The first kappa shape index (κ1) is 17.3.